The summed E-state index contributed by atoms with van der Waals surface area (Å²) in [4.78, 5) is 11.5. The monoisotopic (exact) mass is 318 g/mol. The maximum Gasteiger partial charge on any atom is 0.407 e. The van der Waals surface area contributed by atoms with Gasteiger partial charge in [-0.15, -0.1) is 0 Å². The molecule has 0 rings (SSSR count). The number of rotatable bonds is 12. The number of methoxy groups -OCH3 is 2. The summed E-state index contributed by atoms with van der Waals surface area (Å²) in [5.74, 6) is 0. The minimum absolute atomic E-state index is 0.313. The lowest BCUT2D eigenvalue weighted by Gasteiger charge is -2.20. The molecule has 132 valence electrons. The topological polar surface area (TPSA) is 68.8 Å². The lowest BCUT2D eigenvalue weighted by Crippen LogP contribution is -2.36. The highest BCUT2D eigenvalue weighted by Gasteiger charge is 2.15. The van der Waals surface area contributed by atoms with E-state index >= 15 is 0 Å². The van der Waals surface area contributed by atoms with Crippen molar-refractivity contribution in [2.75, 3.05) is 40.5 Å². The van der Waals surface area contributed by atoms with Gasteiger partial charge in [0.1, 0.15) is 5.60 Å². The summed E-state index contributed by atoms with van der Waals surface area (Å²) in [6.07, 6.45) is 3.63. The van der Waals surface area contributed by atoms with Gasteiger partial charge in [0, 0.05) is 33.4 Å². The van der Waals surface area contributed by atoms with Crippen LogP contribution in [0.1, 0.15) is 46.5 Å². The first-order chi connectivity index (χ1) is 10.4. The SMILES string of the molecule is COCCCCNC(CCCNC(=O)OC(C)(C)C)COC. The van der Waals surface area contributed by atoms with Gasteiger partial charge in [0.15, 0.2) is 0 Å². The van der Waals surface area contributed by atoms with Gasteiger partial charge in [0.2, 0.25) is 0 Å². The molecule has 0 aliphatic heterocycles. The van der Waals surface area contributed by atoms with Crippen LogP contribution in [0.15, 0.2) is 0 Å². The normalized spacial score (nSPS) is 13.0. The molecule has 0 spiro atoms. The first-order valence-electron chi connectivity index (χ1n) is 8.07. The van der Waals surface area contributed by atoms with Crippen LogP contribution in [-0.4, -0.2) is 58.3 Å². The van der Waals surface area contributed by atoms with Crippen molar-refractivity contribution in [1.29, 1.82) is 0 Å². The molecule has 1 amide bonds. The number of alkyl carbamates (subject to hydrolysis) is 1. The van der Waals surface area contributed by atoms with Gasteiger partial charge in [-0.05, 0) is 53.0 Å². The Balaban J connectivity index is 3.74. The molecule has 0 aliphatic rings. The zero-order chi connectivity index (χ0) is 16.8. The molecular formula is C16H34N2O4. The molecule has 0 aliphatic carbocycles. The van der Waals surface area contributed by atoms with E-state index < -0.39 is 5.60 Å². The Morgan fingerprint density at radius 3 is 2.36 bits per heavy atom. The predicted molar refractivity (Wildman–Crippen MR) is 88.2 cm³/mol. The number of carbonyl (C=O) groups excluding carboxylic acids is 1. The number of nitrogens with one attached hydrogen (secondary N) is 2. The van der Waals surface area contributed by atoms with Crippen molar-refractivity contribution in [2.24, 2.45) is 0 Å². The summed E-state index contributed by atoms with van der Waals surface area (Å²) in [6.45, 7) is 8.61. The zero-order valence-corrected chi connectivity index (χ0v) is 14.9. The maximum atomic E-state index is 11.5. The van der Waals surface area contributed by atoms with Gasteiger partial charge < -0.3 is 24.8 Å². The lowest BCUT2D eigenvalue weighted by molar-refractivity contribution is 0.0526. The fraction of sp³-hybridized carbons (Fsp3) is 0.938. The van der Waals surface area contributed by atoms with Crippen molar-refractivity contribution in [3.05, 3.63) is 0 Å². The fourth-order valence-corrected chi connectivity index (χ4v) is 1.98. The third-order valence-electron chi connectivity index (χ3n) is 2.97. The van der Waals surface area contributed by atoms with Gasteiger partial charge in [-0.3, -0.25) is 0 Å². The minimum Gasteiger partial charge on any atom is -0.444 e. The Morgan fingerprint density at radius 2 is 1.77 bits per heavy atom. The first-order valence-corrected chi connectivity index (χ1v) is 8.07. The van der Waals surface area contributed by atoms with Gasteiger partial charge in [0.25, 0.3) is 0 Å². The molecule has 0 aromatic heterocycles. The Bertz CT molecular complexity index is 280. The van der Waals surface area contributed by atoms with E-state index in [9.17, 15) is 4.79 Å². The third kappa shape index (κ3) is 14.1. The van der Waals surface area contributed by atoms with Crippen molar-refractivity contribution in [3.8, 4) is 0 Å². The molecule has 2 N–H and O–H groups in total. The maximum absolute atomic E-state index is 11.5. The molecule has 22 heavy (non-hydrogen) atoms. The molecule has 0 heterocycles. The number of hydrogen-bond acceptors (Lipinski definition) is 5. The lowest BCUT2D eigenvalue weighted by atomic mass is 10.1. The molecule has 0 saturated heterocycles. The fourth-order valence-electron chi connectivity index (χ4n) is 1.98. The van der Waals surface area contributed by atoms with Crippen LogP contribution in [0.5, 0.6) is 0 Å². The van der Waals surface area contributed by atoms with Crippen LogP contribution in [0.4, 0.5) is 4.79 Å². The second kappa shape index (κ2) is 12.7. The van der Waals surface area contributed by atoms with Crippen LogP contribution < -0.4 is 10.6 Å². The second-order valence-corrected chi connectivity index (χ2v) is 6.38. The summed E-state index contributed by atoms with van der Waals surface area (Å²) in [6, 6.07) is 0.313. The van der Waals surface area contributed by atoms with Crippen molar-refractivity contribution in [3.63, 3.8) is 0 Å². The van der Waals surface area contributed by atoms with Crippen LogP contribution >= 0.6 is 0 Å². The summed E-state index contributed by atoms with van der Waals surface area (Å²) < 4.78 is 15.4. The van der Waals surface area contributed by atoms with Crippen LogP contribution in [0.3, 0.4) is 0 Å². The molecule has 0 saturated carbocycles. The van der Waals surface area contributed by atoms with E-state index in [1.807, 2.05) is 20.8 Å². The van der Waals surface area contributed by atoms with Crippen LogP contribution in [0.25, 0.3) is 0 Å². The number of unbranched alkanes of at least 4 members (excludes halogenated alkanes) is 1. The van der Waals surface area contributed by atoms with Crippen molar-refractivity contribution in [1.82, 2.24) is 10.6 Å². The van der Waals surface area contributed by atoms with E-state index in [4.69, 9.17) is 14.2 Å². The predicted octanol–water partition coefficient (Wildman–Crippen LogP) is 2.32. The Morgan fingerprint density at radius 1 is 1.05 bits per heavy atom. The largest absolute Gasteiger partial charge is 0.444 e. The molecular weight excluding hydrogens is 284 g/mol. The minimum atomic E-state index is -0.452. The molecule has 0 radical (unpaired) electrons. The summed E-state index contributed by atoms with van der Waals surface area (Å²) in [5.41, 5.74) is -0.452. The van der Waals surface area contributed by atoms with Crippen LogP contribution in [0, 0.1) is 0 Å². The number of hydrogen-bond donors (Lipinski definition) is 2. The number of ether oxygens (including phenoxy) is 3. The second-order valence-electron chi connectivity index (χ2n) is 6.38. The number of amides is 1. The average Bonchev–Trinajstić information content (AvgIpc) is 2.41. The zero-order valence-electron chi connectivity index (χ0n) is 14.9. The van der Waals surface area contributed by atoms with E-state index in [2.05, 4.69) is 10.6 Å². The highest BCUT2D eigenvalue weighted by atomic mass is 16.6. The van der Waals surface area contributed by atoms with E-state index in [1.165, 1.54) is 0 Å². The van der Waals surface area contributed by atoms with Gasteiger partial charge >= 0.3 is 6.09 Å². The van der Waals surface area contributed by atoms with Crippen molar-refractivity contribution >= 4 is 6.09 Å². The van der Waals surface area contributed by atoms with Crippen molar-refractivity contribution in [2.45, 2.75) is 58.1 Å². The van der Waals surface area contributed by atoms with Gasteiger partial charge in [-0.1, -0.05) is 0 Å². The van der Waals surface area contributed by atoms with Gasteiger partial charge in [-0.25, -0.2) is 4.79 Å². The third-order valence-corrected chi connectivity index (χ3v) is 2.97. The highest BCUT2D eigenvalue weighted by Crippen LogP contribution is 2.06. The van der Waals surface area contributed by atoms with E-state index in [1.54, 1.807) is 14.2 Å². The van der Waals surface area contributed by atoms with Gasteiger partial charge in [-0.2, -0.15) is 0 Å². The first kappa shape index (κ1) is 21.1. The number of carbonyl (C=O) groups is 1. The highest BCUT2D eigenvalue weighted by molar-refractivity contribution is 5.67. The summed E-state index contributed by atoms with van der Waals surface area (Å²) in [7, 11) is 3.43. The molecule has 6 nitrogen and oxygen atoms in total. The van der Waals surface area contributed by atoms with E-state index in [0.717, 1.165) is 38.8 Å². The molecule has 0 fully saturated rings. The Hall–Kier alpha value is -0.850. The Kier molecular flexibility index (Phi) is 12.2. The van der Waals surface area contributed by atoms with E-state index in [-0.39, 0.29) is 6.09 Å². The Labute approximate surface area is 135 Å². The average molecular weight is 318 g/mol. The molecule has 6 heteroatoms. The molecule has 0 bridgehead atoms. The van der Waals surface area contributed by atoms with Gasteiger partial charge in [0.05, 0.1) is 6.61 Å². The molecule has 1 atom stereocenters. The van der Waals surface area contributed by atoms with E-state index in [0.29, 0.717) is 19.2 Å². The standard InChI is InChI=1S/C16H34N2O4/c1-16(2,3)22-15(19)18-11-8-9-14(13-21-5)17-10-6-7-12-20-4/h14,17H,6-13H2,1-5H3,(H,18,19). The molecule has 1 unspecified atom stereocenters. The smallest absolute Gasteiger partial charge is 0.407 e. The summed E-state index contributed by atoms with van der Waals surface area (Å²) in [5, 5.41) is 6.26. The molecule has 0 aromatic rings. The van der Waals surface area contributed by atoms with Crippen molar-refractivity contribution < 1.29 is 19.0 Å². The van der Waals surface area contributed by atoms with Crippen LogP contribution in [-0.2, 0) is 14.2 Å². The molecule has 0 aromatic carbocycles. The summed E-state index contributed by atoms with van der Waals surface area (Å²) >= 11 is 0. The van der Waals surface area contributed by atoms with Crippen LogP contribution in [0.2, 0.25) is 0 Å². The quantitative estimate of drug-likeness (QED) is 0.541.